The van der Waals surface area contributed by atoms with Gasteiger partial charge in [0.2, 0.25) is 0 Å². The van der Waals surface area contributed by atoms with Gasteiger partial charge in [-0.05, 0) is 25.7 Å². The molecule has 0 bridgehead atoms. The average molecular weight is 250 g/mol. The Labute approximate surface area is 95.9 Å². The molecule has 1 saturated carbocycles. The molecule has 0 saturated heterocycles. The molecule has 0 aromatic rings. The van der Waals surface area contributed by atoms with Crippen molar-refractivity contribution >= 4 is 16.1 Å². The number of rotatable bonds is 6. The van der Waals surface area contributed by atoms with Crippen molar-refractivity contribution in [2.45, 2.75) is 38.5 Å². The summed E-state index contributed by atoms with van der Waals surface area (Å²) in [6.45, 7) is 0.241. The van der Waals surface area contributed by atoms with Gasteiger partial charge in [-0.3, -0.25) is 9.35 Å². The van der Waals surface area contributed by atoms with Gasteiger partial charge in [-0.15, -0.1) is 0 Å². The largest absolute Gasteiger partial charge is 0.465 e. The summed E-state index contributed by atoms with van der Waals surface area (Å²) in [6.07, 6.45) is 4.77. The first kappa shape index (κ1) is 13.4. The molecule has 0 aromatic carbocycles. The van der Waals surface area contributed by atoms with E-state index in [1.807, 2.05) is 0 Å². The predicted molar refractivity (Wildman–Crippen MR) is 58.6 cm³/mol. The number of carbonyl (C=O) groups is 1. The van der Waals surface area contributed by atoms with Gasteiger partial charge in [-0.1, -0.05) is 12.8 Å². The molecule has 16 heavy (non-hydrogen) atoms. The number of ether oxygens (including phenoxy) is 1. The fourth-order valence-electron chi connectivity index (χ4n) is 1.84. The topological polar surface area (TPSA) is 80.7 Å². The van der Waals surface area contributed by atoms with Gasteiger partial charge in [-0.2, -0.15) is 8.42 Å². The third kappa shape index (κ3) is 5.46. The van der Waals surface area contributed by atoms with Gasteiger partial charge in [0.15, 0.2) is 0 Å². The number of hydrogen-bond acceptors (Lipinski definition) is 4. The summed E-state index contributed by atoms with van der Waals surface area (Å²) in [5.74, 6) is -0.389. The van der Waals surface area contributed by atoms with Crippen LogP contribution in [0.15, 0.2) is 0 Å². The SMILES string of the molecule is O=C(OCCCCS(=O)(=O)O)C1CCCC1. The van der Waals surface area contributed by atoms with Crippen LogP contribution in [0.25, 0.3) is 0 Å². The number of unbranched alkanes of at least 4 members (excludes halogenated alkanes) is 1. The minimum absolute atomic E-state index is 0.0431. The summed E-state index contributed by atoms with van der Waals surface area (Å²) < 4.78 is 34.3. The fraction of sp³-hybridized carbons (Fsp3) is 0.900. The van der Waals surface area contributed by atoms with Crippen LogP contribution in [0.5, 0.6) is 0 Å². The smallest absolute Gasteiger partial charge is 0.308 e. The van der Waals surface area contributed by atoms with Crippen molar-refractivity contribution in [1.29, 1.82) is 0 Å². The minimum Gasteiger partial charge on any atom is -0.465 e. The van der Waals surface area contributed by atoms with E-state index in [0.29, 0.717) is 12.8 Å². The molecule has 1 fully saturated rings. The molecular formula is C10H18O5S. The summed E-state index contributed by atoms with van der Waals surface area (Å²) in [7, 11) is -3.88. The van der Waals surface area contributed by atoms with E-state index in [1.54, 1.807) is 0 Å². The molecule has 1 rings (SSSR count). The Kier molecular flexibility index (Phi) is 5.21. The van der Waals surface area contributed by atoms with Crippen molar-refractivity contribution in [3.63, 3.8) is 0 Å². The molecule has 1 N–H and O–H groups in total. The molecule has 0 spiro atoms. The highest BCUT2D eigenvalue weighted by atomic mass is 32.2. The van der Waals surface area contributed by atoms with Crippen LogP contribution in [0.2, 0.25) is 0 Å². The van der Waals surface area contributed by atoms with E-state index in [4.69, 9.17) is 9.29 Å². The number of hydrogen-bond donors (Lipinski definition) is 1. The lowest BCUT2D eigenvalue weighted by atomic mass is 10.1. The first-order valence-corrected chi connectivity index (χ1v) is 7.22. The Morgan fingerprint density at radius 3 is 2.44 bits per heavy atom. The van der Waals surface area contributed by atoms with Crippen LogP contribution in [0.3, 0.4) is 0 Å². The standard InChI is InChI=1S/C10H18O5S/c11-10(9-5-1-2-6-9)15-7-3-4-8-16(12,13)14/h9H,1-8H2,(H,12,13,14). The Bertz CT molecular complexity index is 316. The van der Waals surface area contributed by atoms with E-state index in [-0.39, 0.29) is 24.2 Å². The van der Waals surface area contributed by atoms with Gasteiger partial charge in [0.05, 0.1) is 18.3 Å². The van der Waals surface area contributed by atoms with Crippen molar-refractivity contribution in [2.75, 3.05) is 12.4 Å². The van der Waals surface area contributed by atoms with Gasteiger partial charge in [0.1, 0.15) is 0 Å². The highest BCUT2D eigenvalue weighted by molar-refractivity contribution is 7.85. The molecule has 1 aliphatic rings. The number of carbonyl (C=O) groups excluding carboxylic acids is 1. The lowest BCUT2D eigenvalue weighted by molar-refractivity contribution is -0.148. The molecule has 0 radical (unpaired) electrons. The van der Waals surface area contributed by atoms with Crippen LogP contribution >= 0.6 is 0 Å². The molecule has 0 heterocycles. The predicted octanol–water partition coefficient (Wildman–Crippen LogP) is 1.39. The van der Waals surface area contributed by atoms with Gasteiger partial charge in [-0.25, -0.2) is 0 Å². The zero-order valence-electron chi connectivity index (χ0n) is 9.22. The minimum atomic E-state index is -3.88. The van der Waals surface area contributed by atoms with Crippen LogP contribution in [0, 0.1) is 5.92 Å². The van der Waals surface area contributed by atoms with E-state index >= 15 is 0 Å². The van der Waals surface area contributed by atoms with Crippen LogP contribution in [-0.2, 0) is 19.6 Å². The van der Waals surface area contributed by atoms with Crippen LogP contribution in [0.4, 0.5) is 0 Å². The third-order valence-corrected chi connectivity index (χ3v) is 3.53. The van der Waals surface area contributed by atoms with Crippen LogP contribution in [0.1, 0.15) is 38.5 Å². The van der Waals surface area contributed by atoms with Crippen molar-refractivity contribution in [2.24, 2.45) is 5.92 Å². The van der Waals surface area contributed by atoms with E-state index in [2.05, 4.69) is 0 Å². The molecule has 0 amide bonds. The zero-order valence-corrected chi connectivity index (χ0v) is 10.0. The molecular weight excluding hydrogens is 232 g/mol. The first-order valence-electron chi connectivity index (χ1n) is 5.61. The molecule has 0 aliphatic heterocycles. The highest BCUT2D eigenvalue weighted by Crippen LogP contribution is 2.25. The Morgan fingerprint density at radius 2 is 1.88 bits per heavy atom. The van der Waals surface area contributed by atoms with E-state index in [1.165, 1.54) is 0 Å². The summed E-state index contributed by atoms with van der Waals surface area (Å²) in [4.78, 5) is 11.4. The molecule has 1 aliphatic carbocycles. The maximum absolute atomic E-state index is 11.4. The van der Waals surface area contributed by atoms with E-state index in [0.717, 1.165) is 25.7 Å². The molecule has 0 aromatic heterocycles. The molecule has 5 nitrogen and oxygen atoms in total. The second kappa shape index (κ2) is 6.20. The average Bonchev–Trinajstić information content (AvgIpc) is 2.67. The molecule has 6 heteroatoms. The normalized spacial score (nSPS) is 17.6. The van der Waals surface area contributed by atoms with Gasteiger partial charge < -0.3 is 4.74 Å². The van der Waals surface area contributed by atoms with Gasteiger partial charge >= 0.3 is 5.97 Å². The Morgan fingerprint density at radius 1 is 1.25 bits per heavy atom. The second-order valence-electron chi connectivity index (χ2n) is 4.14. The quantitative estimate of drug-likeness (QED) is 0.437. The van der Waals surface area contributed by atoms with Crippen LogP contribution < -0.4 is 0 Å². The van der Waals surface area contributed by atoms with Crippen molar-refractivity contribution in [1.82, 2.24) is 0 Å². The van der Waals surface area contributed by atoms with E-state index < -0.39 is 10.1 Å². The number of esters is 1. The monoisotopic (exact) mass is 250 g/mol. The van der Waals surface area contributed by atoms with E-state index in [9.17, 15) is 13.2 Å². The lowest BCUT2D eigenvalue weighted by Gasteiger charge is -2.08. The highest BCUT2D eigenvalue weighted by Gasteiger charge is 2.23. The summed E-state index contributed by atoms with van der Waals surface area (Å²) >= 11 is 0. The maximum atomic E-state index is 11.4. The second-order valence-corrected chi connectivity index (χ2v) is 5.71. The van der Waals surface area contributed by atoms with Gasteiger partial charge in [0, 0.05) is 0 Å². The maximum Gasteiger partial charge on any atom is 0.308 e. The zero-order chi connectivity index (χ0) is 12.0. The Balaban J connectivity index is 2.04. The third-order valence-electron chi connectivity index (χ3n) is 2.73. The van der Waals surface area contributed by atoms with Crippen LogP contribution in [-0.4, -0.2) is 31.3 Å². The Hall–Kier alpha value is -0.620. The summed E-state index contributed by atoms with van der Waals surface area (Å²) in [6, 6.07) is 0. The van der Waals surface area contributed by atoms with Crippen molar-refractivity contribution in [3.8, 4) is 0 Å². The fourth-order valence-corrected chi connectivity index (χ4v) is 2.41. The molecule has 0 atom stereocenters. The molecule has 94 valence electrons. The van der Waals surface area contributed by atoms with Crippen molar-refractivity contribution in [3.05, 3.63) is 0 Å². The molecule has 0 unspecified atom stereocenters. The first-order chi connectivity index (χ1) is 7.49. The van der Waals surface area contributed by atoms with Crippen molar-refractivity contribution < 1.29 is 22.5 Å². The van der Waals surface area contributed by atoms with Gasteiger partial charge in [0.25, 0.3) is 10.1 Å². The summed E-state index contributed by atoms with van der Waals surface area (Å²) in [5.41, 5.74) is 0. The summed E-state index contributed by atoms with van der Waals surface area (Å²) in [5, 5.41) is 0. The lowest BCUT2D eigenvalue weighted by Crippen LogP contribution is -2.15.